The minimum atomic E-state index is 0.615. The van der Waals surface area contributed by atoms with Crippen LogP contribution in [0.3, 0.4) is 0 Å². The fourth-order valence-electron chi connectivity index (χ4n) is 3.09. The molecule has 2 aromatic heterocycles. The molecule has 1 saturated carbocycles. The Morgan fingerprint density at radius 2 is 2.11 bits per heavy atom. The van der Waals surface area contributed by atoms with Gasteiger partial charge in [0.25, 0.3) is 0 Å². The highest BCUT2D eigenvalue weighted by atomic mass is 15.3. The van der Waals surface area contributed by atoms with Crippen molar-refractivity contribution in [3.8, 4) is 0 Å². The van der Waals surface area contributed by atoms with Crippen molar-refractivity contribution < 1.29 is 0 Å². The van der Waals surface area contributed by atoms with Crippen molar-refractivity contribution in [3.05, 3.63) is 18.0 Å². The van der Waals surface area contributed by atoms with E-state index in [4.69, 9.17) is 0 Å². The van der Waals surface area contributed by atoms with Crippen LogP contribution in [-0.2, 0) is 6.54 Å². The van der Waals surface area contributed by atoms with E-state index in [1.165, 1.54) is 43.2 Å². The minimum absolute atomic E-state index is 0.615. The maximum absolute atomic E-state index is 4.58. The van der Waals surface area contributed by atoms with Crippen molar-refractivity contribution in [2.75, 3.05) is 5.32 Å². The summed E-state index contributed by atoms with van der Waals surface area (Å²) in [6.07, 6.45) is 8.53. The number of nitrogens with one attached hydrogen (secondary N) is 1. The summed E-state index contributed by atoms with van der Waals surface area (Å²) in [7, 11) is 0. The van der Waals surface area contributed by atoms with Crippen LogP contribution in [-0.4, -0.2) is 20.8 Å². The SMILES string of the molecule is CCn1nc(C)c2c(NC3CCCCC3)ccnc21. The first-order valence-electron chi connectivity index (χ1n) is 7.38. The molecule has 4 nitrogen and oxygen atoms in total. The van der Waals surface area contributed by atoms with Gasteiger partial charge < -0.3 is 5.32 Å². The van der Waals surface area contributed by atoms with Crippen LogP contribution in [0, 0.1) is 6.92 Å². The zero-order valence-corrected chi connectivity index (χ0v) is 11.8. The quantitative estimate of drug-likeness (QED) is 0.916. The molecular formula is C15H22N4. The van der Waals surface area contributed by atoms with Gasteiger partial charge in [0.1, 0.15) is 0 Å². The molecule has 2 heterocycles. The second kappa shape index (κ2) is 5.19. The third-order valence-electron chi connectivity index (χ3n) is 4.07. The Morgan fingerprint density at radius 1 is 1.32 bits per heavy atom. The summed E-state index contributed by atoms with van der Waals surface area (Å²) in [5.74, 6) is 0. The molecule has 0 unspecified atom stereocenters. The Kier molecular flexibility index (Phi) is 3.40. The van der Waals surface area contributed by atoms with Crippen LogP contribution in [0.5, 0.6) is 0 Å². The van der Waals surface area contributed by atoms with Crippen molar-refractivity contribution in [2.45, 2.75) is 58.5 Å². The molecule has 2 aromatic rings. The summed E-state index contributed by atoms with van der Waals surface area (Å²) in [6.45, 7) is 5.04. The van der Waals surface area contributed by atoms with E-state index in [0.29, 0.717) is 6.04 Å². The summed E-state index contributed by atoms with van der Waals surface area (Å²) < 4.78 is 1.98. The van der Waals surface area contributed by atoms with E-state index in [9.17, 15) is 0 Å². The average molecular weight is 258 g/mol. The van der Waals surface area contributed by atoms with Crippen LogP contribution < -0.4 is 5.32 Å². The number of hydrogen-bond acceptors (Lipinski definition) is 3. The number of aryl methyl sites for hydroxylation is 2. The molecule has 3 rings (SSSR count). The van der Waals surface area contributed by atoms with Gasteiger partial charge in [-0.1, -0.05) is 19.3 Å². The number of rotatable bonds is 3. The predicted octanol–water partition coefficient (Wildman–Crippen LogP) is 3.50. The lowest BCUT2D eigenvalue weighted by Gasteiger charge is -2.24. The van der Waals surface area contributed by atoms with Crippen molar-refractivity contribution in [3.63, 3.8) is 0 Å². The lowest BCUT2D eigenvalue weighted by molar-refractivity contribution is 0.463. The third-order valence-corrected chi connectivity index (χ3v) is 4.07. The van der Waals surface area contributed by atoms with Crippen LogP contribution in [0.4, 0.5) is 5.69 Å². The van der Waals surface area contributed by atoms with Crippen molar-refractivity contribution >= 4 is 16.7 Å². The number of hydrogen-bond donors (Lipinski definition) is 1. The van der Waals surface area contributed by atoms with E-state index in [-0.39, 0.29) is 0 Å². The highest BCUT2D eigenvalue weighted by Crippen LogP contribution is 2.28. The number of anilines is 1. The maximum Gasteiger partial charge on any atom is 0.160 e. The first-order chi connectivity index (χ1) is 9.29. The fourth-order valence-corrected chi connectivity index (χ4v) is 3.09. The maximum atomic E-state index is 4.58. The van der Waals surface area contributed by atoms with E-state index in [1.807, 2.05) is 10.9 Å². The van der Waals surface area contributed by atoms with Gasteiger partial charge in [0.05, 0.1) is 11.1 Å². The predicted molar refractivity (Wildman–Crippen MR) is 78.4 cm³/mol. The largest absolute Gasteiger partial charge is 0.382 e. The first-order valence-corrected chi connectivity index (χ1v) is 7.38. The highest BCUT2D eigenvalue weighted by Gasteiger charge is 2.17. The number of pyridine rings is 1. The van der Waals surface area contributed by atoms with Crippen LogP contribution >= 0.6 is 0 Å². The smallest absolute Gasteiger partial charge is 0.160 e. The Bertz CT molecular complexity index is 567. The minimum Gasteiger partial charge on any atom is -0.382 e. The third kappa shape index (κ3) is 2.31. The monoisotopic (exact) mass is 258 g/mol. The second-order valence-corrected chi connectivity index (χ2v) is 5.44. The Balaban J connectivity index is 1.96. The lowest BCUT2D eigenvalue weighted by atomic mass is 9.95. The summed E-state index contributed by atoms with van der Waals surface area (Å²) in [5.41, 5.74) is 3.28. The topological polar surface area (TPSA) is 42.7 Å². The van der Waals surface area contributed by atoms with Crippen LogP contribution in [0.1, 0.15) is 44.7 Å². The number of nitrogens with zero attached hydrogens (tertiary/aromatic N) is 3. The molecule has 102 valence electrons. The molecule has 0 bridgehead atoms. The Morgan fingerprint density at radius 3 is 2.84 bits per heavy atom. The fraction of sp³-hybridized carbons (Fsp3) is 0.600. The molecular weight excluding hydrogens is 236 g/mol. The van der Waals surface area contributed by atoms with E-state index >= 15 is 0 Å². The van der Waals surface area contributed by atoms with Gasteiger partial charge in [-0.05, 0) is 32.8 Å². The molecule has 1 aliphatic carbocycles. The van der Waals surface area contributed by atoms with E-state index < -0.39 is 0 Å². The summed E-state index contributed by atoms with van der Waals surface area (Å²) in [5, 5.41) is 9.47. The van der Waals surface area contributed by atoms with E-state index in [1.54, 1.807) is 0 Å². The molecule has 0 spiro atoms. The van der Waals surface area contributed by atoms with Gasteiger partial charge in [0, 0.05) is 24.5 Å². The molecule has 4 heteroatoms. The zero-order valence-electron chi connectivity index (χ0n) is 11.8. The van der Waals surface area contributed by atoms with Crippen LogP contribution in [0.2, 0.25) is 0 Å². The molecule has 0 amide bonds. The number of aromatic nitrogens is 3. The van der Waals surface area contributed by atoms with Gasteiger partial charge in [0.15, 0.2) is 5.65 Å². The molecule has 0 saturated heterocycles. The summed E-state index contributed by atoms with van der Waals surface area (Å²) >= 11 is 0. The standard InChI is InChI=1S/C15H22N4/c1-3-19-15-14(11(2)18-19)13(9-10-16-15)17-12-7-5-4-6-8-12/h9-10,12H,3-8H2,1-2H3,(H,16,17). The Labute approximate surface area is 114 Å². The molecule has 1 aliphatic rings. The van der Waals surface area contributed by atoms with Gasteiger partial charge in [-0.3, -0.25) is 0 Å². The first kappa shape index (κ1) is 12.5. The van der Waals surface area contributed by atoms with Gasteiger partial charge in [-0.25, -0.2) is 9.67 Å². The van der Waals surface area contributed by atoms with Gasteiger partial charge >= 0.3 is 0 Å². The van der Waals surface area contributed by atoms with Crippen molar-refractivity contribution in [1.82, 2.24) is 14.8 Å². The second-order valence-electron chi connectivity index (χ2n) is 5.44. The Hall–Kier alpha value is -1.58. The molecule has 1 N–H and O–H groups in total. The van der Waals surface area contributed by atoms with Gasteiger partial charge in [-0.2, -0.15) is 5.10 Å². The summed E-state index contributed by atoms with van der Waals surface area (Å²) in [6, 6.07) is 2.70. The normalized spacial score (nSPS) is 16.9. The number of fused-ring (bicyclic) bond motifs is 1. The van der Waals surface area contributed by atoms with E-state index in [2.05, 4.69) is 35.3 Å². The summed E-state index contributed by atoms with van der Waals surface area (Å²) in [4.78, 5) is 4.49. The van der Waals surface area contributed by atoms with Crippen molar-refractivity contribution in [1.29, 1.82) is 0 Å². The highest BCUT2D eigenvalue weighted by molar-refractivity contribution is 5.91. The molecule has 0 atom stereocenters. The van der Waals surface area contributed by atoms with E-state index in [0.717, 1.165) is 17.9 Å². The molecule has 0 aliphatic heterocycles. The molecule has 0 aromatic carbocycles. The average Bonchev–Trinajstić information content (AvgIpc) is 2.78. The van der Waals surface area contributed by atoms with Crippen LogP contribution in [0.15, 0.2) is 12.3 Å². The molecule has 0 radical (unpaired) electrons. The molecule has 1 fully saturated rings. The van der Waals surface area contributed by atoms with Gasteiger partial charge in [0.2, 0.25) is 0 Å². The van der Waals surface area contributed by atoms with Crippen molar-refractivity contribution in [2.24, 2.45) is 0 Å². The van der Waals surface area contributed by atoms with Gasteiger partial charge in [-0.15, -0.1) is 0 Å². The zero-order chi connectivity index (χ0) is 13.2. The molecule has 19 heavy (non-hydrogen) atoms. The lowest BCUT2D eigenvalue weighted by Crippen LogP contribution is -2.22. The van der Waals surface area contributed by atoms with Crippen LogP contribution in [0.25, 0.3) is 11.0 Å².